The van der Waals surface area contributed by atoms with Crippen molar-refractivity contribution in [2.75, 3.05) is 19.5 Å². The average Bonchev–Trinajstić information content (AvgIpc) is 2.55. The van der Waals surface area contributed by atoms with E-state index in [1.807, 2.05) is 24.3 Å². The van der Waals surface area contributed by atoms with Crippen LogP contribution in [0.5, 0.6) is 5.75 Å². The van der Waals surface area contributed by atoms with Crippen molar-refractivity contribution in [2.45, 2.75) is 17.7 Å². The van der Waals surface area contributed by atoms with E-state index in [9.17, 15) is 10.3 Å². The number of hydrogen-bond donors (Lipinski definition) is 1. The fraction of sp³-hybridized carbons (Fsp3) is 0.312. The predicted octanol–water partition coefficient (Wildman–Crippen LogP) is 2.00. The summed E-state index contributed by atoms with van der Waals surface area (Å²) in [7, 11) is 1.62. The molecule has 0 aliphatic carbocycles. The summed E-state index contributed by atoms with van der Waals surface area (Å²) >= 11 is 1.31. The Bertz CT molecular complexity index is 577. The minimum Gasteiger partial charge on any atom is -0.618 e. The highest BCUT2D eigenvalue weighted by molar-refractivity contribution is 7.99. The molecule has 1 unspecified atom stereocenters. The molecule has 0 amide bonds. The topological polar surface area (TPSA) is 65.6 Å². The fourth-order valence-corrected chi connectivity index (χ4v) is 2.61. The lowest BCUT2D eigenvalue weighted by Crippen LogP contribution is -2.28. The first-order chi connectivity index (χ1) is 10.7. The van der Waals surface area contributed by atoms with Crippen LogP contribution in [0, 0.1) is 5.21 Å². The van der Waals surface area contributed by atoms with Crippen LogP contribution in [0.4, 0.5) is 0 Å². The maximum atomic E-state index is 11.5. The van der Waals surface area contributed by atoms with Gasteiger partial charge < -0.3 is 19.8 Å². The zero-order chi connectivity index (χ0) is 15.8. The van der Waals surface area contributed by atoms with Crippen molar-refractivity contribution in [3.05, 3.63) is 59.4 Å². The average molecular weight is 321 g/mol. The Kier molecular flexibility index (Phi) is 6.51. The second-order valence-electron chi connectivity index (χ2n) is 4.69. The van der Waals surface area contributed by atoms with E-state index in [4.69, 9.17) is 9.47 Å². The Morgan fingerprint density at radius 1 is 1.23 bits per heavy atom. The van der Waals surface area contributed by atoms with Gasteiger partial charge in [-0.25, -0.2) is 0 Å². The van der Waals surface area contributed by atoms with E-state index in [2.05, 4.69) is 0 Å². The van der Waals surface area contributed by atoms with Gasteiger partial charge in [0.15, 0.2) is 6.20 Å². The lowest BCUT2D eigenvalue weighted by atomic mass is 10.2. The van der Waals surface area contributed by atoms with Gasteiger partial charge in [0.05, 0.1) is 26.4 Å². The molecule has 2 rings (SSSR count). The van der Waals surface area contributed by atoms with Crippen LogP contribution in [0.15, 0.2) is 53.7 Å². The summed E-state index contributed by atoms with van der Waals surface area (Å²) in [5.74, 6) is 1.21. The number of hydrogen-bond acceptors (Lipinski definition) is 5. The second-order valence-corrected chi connectivity index (χ2v) is 5.73. The highest BCUT2D eigenvalue weighted by atomic mass is 32.2. The first-order valence-electron chi connectivity index (χ1n) is 6.89. The van der Waals surface area contributed by atoms with Gasteiger partial charge in [-0.2, -0.15) is 4.73 Å². The molecule has 5 nitrogen and oxygen atoms in total. The van der Waals surface area contributed by atoms with E-state index < -0.39 is 6.10 Å². The molecule has 0 bridgehead atoms. The number of ether oxygens (including phenoxy) is 2. The Morgan fingerprint density at radius 2 is 2.00 bits per heavy atom. The predicted molar refractivity (Wildman–Crippen MR) is 84.8 cm³/mol. The lowest BCUT2D eigenvalue weighted by molar-refractivity contribution is -0.645. The monoisotopic (exact) mass is 321 g/mol. The molecule has 0 aliphatic heterocycles. The number of rotatable bonds is 8. The Balaban J connectivity index is 1.69. The summed E-state index contributed by atoms with van der Waals surface area (Å²) in [4.78, 5) is 0. The maximum absolute atomic E-state index is 11.5. The summed E-state index contributed by atoms with van der Waals surface area (Å²) in [6.45, 7) is 0.656. The van der Waals surface area contributed by atoms with Gasteiger partial charge in [-0.05, 0) is 23.8 Å². The number of nitrogens with zero attached hydrogens (tertiary/aromatic N) is 1. The zero-order valence-corrected chi connectivity index (χ0v) is 13.2. The van der Waals surface area contributed by atoms with E-state index >= 15 is 0 Å². The molecule has 118 valence electrons. The van der Waals surface area contributed by atoms with Crippen molar-refractivity contribution >= 4 is 11.8 Å². The summed E-state index contributed by atoms with van der Waals surface area (Å²) in [5, 5.41) is 21.9. The van der Waals surface area contributed by atoms with Gasteiger partial charge in [-0.1, -0.05) is 23.9 Å². The Labute approximate surface area is 134 Å². The molecule has 0 saturated carbocycles. The van der Waals surface area contributed by atoms with Gasteiger partial charge >= 0.3 is 0 Å². The molecule has 2 aromatic rings. The molecule has 6 heteroatoms. The molecule has 1 heterocycles. The molecular weight excluding hydrogens is 302 g/mol. The van der Waals surface area contributed by atoms with E-state index in [1.165, 1.54) is 18.0 Å². The third kappa shape index (κ3) is 5.22. The number of thioether (sulfide) groups is 1. The van der Waals surface area contributed by atoms with E-state index in [0.717, 1.165) is 16.0 Å². The Hall–Kier alpha value is -1.76. The number of aliphatic hydroxyl groups is 1. The minimum absolute atomic E-state index is 0.227. The molecule has 22 heavy (non-hydrogen) atoms. The van der Waals surface area contributed by atoms with E-state index in [1.54, 1.807) is 25.3 Å². The summed E-state index contributed by atoms with van der Waals surface area (Å²) in [6, 6.07) is 12.8. The highest BCUT2D eigenvalue weighted by Gasteiger charge is 2.10. The van der Waals surface area contributed by atoms with Crippen LogP contribution in [0.3, 0.4) is 0 Å². The summed E-state index contributed by atoms with van der Waals surface area (Å²) < 4.78 is 11.4. The molecule has 1 aromatic heterocycles. The first kappa shape index (κ1) is 16.6. The Morgan fingerprint density at radius 3 is 2.68 bits per heavy atom. The van der Waals surface area contributed by atoms with Gasteiger partial charge in [0.1, 0.15) is 5.75 Å². The van der Waals surface area contributed by atoms with Crippen molar-refractivity contribution in [1.29, 1.82) is 0 Å². The van der Waals surface area contributed by atoms with Gasteiger partial charge in [0.25, 0.3) is 5.03 Å². The molecule has 0 aliphatic rings. The van der Waals surface area contributed by atoms with Crippen LogP contribution >= 0.6 is 11.8 Å². The van der Waals surface area contributed by atoms with Crippen LogP contribution in [0.2, 0.25) is 0 Å². The number of aromatic nitrogens is 1. The number of methoxy groups -OCH3 is 1. The van der Waals surface area contributed by atoms with Gasteiger partial charge in [-0.15, -0.1) is 0 Å². The van der Waals surface area contributed by atoms with Gasteiger partial charge in [0, 0.05) is 17.9 Å². The number of aliphatic hydroxyl groups excluding tert-OH is 1. The summed E-state index contributed by atoms with van der Waals surface area (Å²) in [5.41, 5.74) is 1.01. The van der Waals surface area contributed by atoms with Crippen molar-refractivity contribution in [3.8, 4) is 5.75 Å². The highest BCUT2D eigenvalue weighted by Crippen LogP contribution is 2.15. The third-order valence-electron chi connectivity index (χ3n) is 2.95. The van der Waals surface area contributed by atoms with Crippen molar-refractivity contribution in [3.63, 3.8) is 0 Å². The van der Waals surface area contributed by atoms with Crippen molar-refractivity contribution < 1.29 is 19.3 Å². The van der Waals surface area contributed by atoms with Gasteiger partial charge in [0.2, 0.25) is 0 Å². The van der Waals surface area contributed by atoms with Crippen LogP contribution in [0.25, 0.3) is 0 Å². The minimum atomic E-state index is -0.622. The normalized spacial score (nSPS) is 12.1. The smallest absolute Gasteiger partial charge is 0.251 e. The molecule has 1 atom stereocenters. The second kappa shape index (κ2) is 8.63. The largest absolute Gasteiger partial charge is 0.618 e. The maximum Gasteiger partial charge on any atom is 0.251 e. The van der Waals surface area contributed by atoms with E-state index in [0.29, 0.717) is 17.4 Å². The van der Waals surface area contributed by atoms with Crippen LogP contribution in [-0.4, -0.2) is 30.7 Å². The molecule has 0 fully saturated rings. The SMILES string of the molecule is COc1ccc(COCC(O)CSc2cccc[n+]2[O-])cc1. The standard InChI is InChI=1S/C16H19NO4S/c1-20-15-7-5-13(6-8-15)10-21-11-14(18)12-22-16-4-2-3-9-17(16)19/h2-9,14,18H,10-12H2,1H3. The molecule has 0 spiro atoms. The summed E-state index contributed by atoms with van der Waals surface area (Å²) in [6.07, 6.45) is 0.818. The quantitative estimate of drug-likeness (QED) is 0.458. The van der Waals surface area contributed by atoms with Crippen LogP contribution < -0.4 is 9.47 Å². The molecule has 1 aromatic carbocycles. The van der Waals surface area contributed by atoms with Crippen LogP contribution in [0.1, 0.15) is 5.56 Å². The number of benzene rings is 1. The lowest BCUT2D eigenvalue weighted by Gasteiger charge is -2.11. The molecule has 0 saturated heterocycles. The van der Waals surface area contributed by atoms with Crippen molar-refractivity contribution in [2.24, 2.45) is 0 Å². The molecular formula is C16H19NO4S. The fourth-order valence-electron chi connectivity index (χ4n) is 1.79. The van der Waals surface area contributed by atoms with E-state index in [-0.39, 0.29) is 6.61 Å². The third-order valence-corrected chi connectivity index (χ3v) is 4.11. The zero-order valence-electron chi connectivity index (χ0n) is 12.3. The molecule has 1 N–H and O–H groups in total. The molecule has 0 radical (unpaired) electrons. The van der Waals surface area contributed by atoms with Crippen LogP contribution in [-0.2, 0) is 11.3 Å². The number of pyridine rings is 1. The van der Waals surface area contributed by atoms with Gasteiger partial charge in [-0.3, -0.25) is 0 Å². The van der Waals surface area contributed by atoms with Crippen molar-refractivity contribution in [1.82, 2.24) is 0 Å². The first-order valence-corrected chi connectivity index (χ1v) is 7.87.